The standard InChI is InChI=1S/C10H8ClNO2/c11-8-5-10-9(13-6-14-10)4-7(8)2-1-3-12/h4-5H,3,6,12H2. The highest BCUT2D eigenvalue weighted by molar-refractivity contribution is 6.32. The molecular formula is C10H8ClNO2. The number of fused-ring (bicyclic) bond motifs is 1. The van der Waals surface area contributed by atoms with Gasteiger partial charge in [-0.15, -0.1) is 0 Å². The van der Waals surface area contributed by atoms with E-state index in [9.17, 15) is 0 Å². The molecule has 0 spiro atoms. The first-order valence-electron chi connectivity index (χ1n) is 4.09. The first-order chi connectivity index (χ1) is 6.81. The molecule has 14 heavy (non-hydrogen) atoms. The summed E-state index contributed by atoms with van der Waals surface area (Å²) in [6.45, 7) is 0.546. The number of nitrogens with two attached hydrogens (primary N) is 1. The van der Waals surface area contributed by atoms with E-state index in [1.54, 1.807) is 12.1 Å². The number of ether oxygens (including phenoxy) is 2. The molecule has 2 N–H and O–H groups in total. The van der Waals surface area contributed by atoms with Crippen molar-refractivity contribution in [2.24, 2.45) is 5.73 Å². The third-order valence-corrected chi connectivity index (χ3v) is 2.10. The van der Waals surface area contributed by atoms with Gasteiger partial charge >= 0.3 is 0 Å². The first-order valence-corrected chi connectivity index (χ1v) is 4.47. The van der Waals surface area contributed by atoms with Gasteiger partial charge in [0.2, 0.25) is 6.79 Å². The Labute approximate surface area is 86.8 Å². The molecule has 1 aliphatic rings. The SMILES string of the molecule is NCC#Cc1cc2c(cc1Cl)OCO2. The summed E-state index contributed by atoms with van der Waals surface area (Å²) >= 11 is 5.96. The van der Waals surface area contributed by atoms with Crippen molar-refractivity contribution in [3.05, 3.63) is 22.7 Å². The third kappa shape index (κ3) is 1.63. The van der Waals surface area contributed by atoms with Gasteiger partial charge < -0.3 is 15.2 Å². The van der Waals surface area contributed by atoms with Crippen LogP contribution in [-0.2, 0) is 0 Å². The Morgan fingerprint density at radius 2 is 2.07 bits per heavy atom. The molecule has 0 unspecified atom stereocenters. The van der Waals surface area contributed by atoms with Crippen LogP contribution in [0.15, 0.2) is 12.1 Å². The second-order valence-electron chi connectivity index (χ2n) is 2.69. The van der Waals surface area contributed by atoms with Gasteiger partial charge in [0.15, 0.2) is 11.5 Å². The molecule has 0 saturated heterocycles. The molecule has 0 amide bonds. The Morgan fingerprint density at radius 1 is 1.36 bits per heavy atom. The smallest absolute Gasteiger partial charge is 0.231 e. The van der Waals surface area contributed by atoms with Crippen LogP contribution in [0.25, 0.3) is 0 Å². The lowest BCUT2D eigenvalue weighted by Crippen LogP contribution is -1.93. The second kappa shape index (κ2) is 3.79. The van der Waals surface area contributed by atoms with E-state index in [4.69, 9.17) is 26.8 Å². The van der Waals surface area contributed by atoms with Crippen LogP contribution in [0, 0.1) is 11.8 Å². The maximum absolute atomic E-state index is 5.96. The van der Waals surface area contributed by atoms with Crippen molar-refractivity contribution < 1.29 is 9.47 Å². The van der Waals surface area contributed by atoms with Crippen molar-refractivity contribution in [2.75, 3.05) is 13.3 Å². The molecule has 2 rings (SSSR count). The zero-order valence-electron chi connectivity index (χ0n) is 7.34. The lowest BCUT2D eigenvalue weighted by atomic mass is 10.2. The van der Waals surface area contributed by atoms with E-state index in [-0.39, 0.29) is 6.79 Å². The van der Waals surface area contributed by atoms with E-state index in [2.05, 4.69) is 11.8 Å². The minimum atomic E-state index is 0.236. The maximum atomic E-state index is 5.96. The molecule has 72 valence electrons. The van der Waals surface area contributed by atoms with Crippen molar-refractivity contribution in [3.63, 3.8) is 0 Å². The van der Waals surface area contributed by atoms with Gasteiger partial charge in [0.05, 0.1) is 11.6 Å². The average molecular weight is 210 g/mol. The van der Waals surface area contributed by atoms with E-state index >= 15 is 0 Å². The molecule has 4 heteroatoms. The van der Waals surface area contributed by atoms with Gasteiger partial charge in [-0.1, -0.05) is 23.4 Å². The Kier molecular flexibility index (Phi) is 2.49. The molecule has 1 aliphatic heterocycles. The minimum Gasteiger partial charge on any atom is -0.454 e. The molecule has 3 nitrogen and oxygen atoms in total. The molecule has 0 fully saturated rings. The van der Waals surface area contributed by atoms with Gasteiger partial charge in [-0.25, -0.2) is 0 Å². The fourth-order valence-electron chi connectivity index (χ4n) is 1.16. The predicted molar refractivity (Wildman–Crippen MR) is 53.5 cm³/mol. The van der Waals surface area contributed by atoms with E-state index in [0.717, 1.165) is 0 Å². The van der Waals surface area contributed by atoms with Crippen LogP contribution < -0.4 is 15.2 Å². The van der Waals surface area contributed by atoms with Gasteiger partial charge in [0, 0.05) is 17.7 Å². The van der Waals surface area contributed by atoms with Crippen molar-refractivity contribution in [3.8, 4) is 23.3 Å². The Balaban J connectivity index is 2.42. The van der Waals surface area contributed by atoms with Crippen molar-refractivity contribution >= 4 is 11.6 Å². The predicted octanol–water partition coefficient (Wildman–Crippen LogP) is 1.38. The number of benzene rings is 1. The summed E-state index contributed by atoms with van der Waals surface area (Å²) in [5.74, 6) is 6.93. The summed E-state index contributed by atoms with van der Waals surface area (Å²) in [6.07, 6.45) is 0. The van der Waals surface area contributed by atoms with E-state index in [1.807, 2.05) is 0 Å². The quantitative estimate of drug-likeness (QED) is 0.657. The van der Waals surface area contributed by atoms with E-state index in [0.29, 0.717) is 28.6 Å². The number of hydrogen-bond donors (Lipinski definition) is 1. The fraction of sp³-hybridized carbons (Fsp3) is 0.200. The topological polar surface area (TPSA) is 44.5 Å². The largest absolute Gasteiger partial charge is 0.454 e. The lowest BCUT2D eigenvalue weighted by molar-refractivity contribution is 0.174. The molecule has 1 heterocycles. The van der Waals surface area contributed by atoms with Crippen LogP contribution in [0.1, 0.15) is 5.56 Å². The van der Waals surface area contributed by atoms with E-state index < -0.39 is 0 Å². The third-order valence-electron chi connectivity index (χ3n) is 1.79. The van der Waals surface area contributed by atoms with Gasteiger partial charge in [-0.3, -0.25) is 0 Å². The molecule has 1 aromatic carbocycles. The zero-order valence-corrected chi connectivity index (χ0v) is 8.10. The highest BCUT2D eigenvalue weighted by Crippen LogP contribution is 2.36. The zero-order chi connectivity index (χ0) is 9.97. The van der Waals surface area contributed by atoms with Gasteiger partial charge in [-0.05, 0) is 0 Å². The first kappa shape index (κ1) is 9.20. The number of hydrogen-bond acceptors (Lipinski definition) is 3. The van der Waals surface area contributed by atoms with Crippen LogP contribution in [0.3, 0.4) is 0 Å². The molecule has 0 saturated carbocycles. The second-order valence-corrected chi connectivity index (χ2v) is 3.10. The van der Waals surface area contributed by atoms with Crippen LogP contribution in [-0.4, -0.2) is 13.3 Å². The highest BCUT2D eigenvalue weighted by Gasteiger charge is 2.15. The van der Waals surface area contributed by atoms with Gasteiger partial charge in [0.1, 0.15) is 0 Å². The molecule has 1 aromatic rings. The molecule has 0 radical (unpaired) electrons. The minimum absolute atomic E-state index is 0.236. The van der Waals surface area contributed by atoms with E-state index in [1.165, 1.54) is 0 Å². The van der Waals surface area contributed by atoms with Crippen LogP contribution >= 0.6 is 11.6 Å². The summed E-state index contributed by atoms with van der Waals surface area (Å²) in [5, 5.41) is 0.551. The number of rotatable bonds is 0. The Bertz CT molecular complexity index is 420. The van der Waals surface area contributed by atoms with Crippen LogP contribution in [0.2, 0.25) is 5.02 Å². The molecule has 0 aromatic heterocycles. The van der Waals surface area contributed by atoms with Gasteiger partial charge in [-0.2, -0.15) is 0 Å². The number of halogens is 1. The van der Waals surface area contributed by atoms with Crippen molar-refractivity contribution in [2.45, 2.75) is 0 Å². The molecule has 0 atom stereocenters. The molecule has 0 bridgehead atoms. The maximum Gasteiger partial charge on any atom is 0.231 e. The molecule has 0 aliphatic carbocycles. The average Bonchev–Trinajstić information content (AvgIpc) is 2.61. The van der Waals surface area contributed by atoms with Gasteiger partial charge in [0.25, 0.3) is 0 Å². The lowest BCUT2D eigenvalue weighted by Gasteiger charge is -1.99. The summed E-state index contributed by atoms with van der Waals surface area (Å²) in [7, 11) is 0. The summed E-state index contributed by atoms with van der Waals surface area (Å²) in [4.78, 5) is 0. The normalized spacial score (nSPS) is 12.1. The Morgan fingerprint density at radius 3 is 2.79 bits per heavy atom. The monoisotopic (exact) mass is 209 g/mol. The fourth-order valence-corrected chi connectivity index (χ4v) is 1.36. The van der Waals surface area contributed by atoms with Crippen molar-refractivity contribution in [1.29, 1.82) is 0 Å². The summed E-state index contributed by atoms with van der Waals surface area (Å²) in [6, 6.07) is 3.46. The highest BCUT2D eigenvalue weighted by atomic mass is 35.5. The summed E-state index contributed by atoms with van der Waals surface area (Å²) < 4.78 is 10.4. The van der Waals surface area contributed by atoms with Crippen LogP contribution in [0.5, 0.6) is 11.5 Å². The van der Waals surface area contributed by atoms with Crippen molar-refractivity contribution in [1.82, 2.24) is 0 Å². The molecular weight excluding hydrogens is 202 g/mol. The summed E-state index contributed by atoms with van der Waals surface area (Å²) in [5.41, 5.74) is 5.98. The Hall–Kier alpha value is -1.37. The van der Waals surface area contributed by atoms with Crippen LogP contribution in [0.4, 0.5) is 0 Å².